The first-order valence-electron chi connectivity index (χ1n) is 17.7. The monoisotopic (exact) mass is 864 g/mol. The second kappa shape index (κ2) is 15.5. The first-order chi connectivity index (χ1) is 24.5. The maximum Gasteiger partial charge on any atom is 0.130 e. The number of aromatic nitrogens is 3. The molecule has 0 bridgehead atoms. The normalized spacial score (nSPS) is 11.4. The van der Waals surface area contributed by atoms with E-state index in [1.165, 1.54) is 17.2 Å². The van der Waals surface area contributed by atoms with Crippen LogP contribution in [-0.2, 0) is 32.9 Å². The molecule has 8 aromatic rings. The van der Waals surface area contributed by atoms with Crippen molar-refractivity contribution in [2.45, 2.75) is 61.3 Å². The molecule has 4 nitrogen and oxygen atoms in total. The third-order valence-electron chi connectivity index (χ3n) is 9.02. The largest absolute Gasteiger partial charge is 0.501 e. The van der Waals surface area contributed by atoms with Gasteiger partial charge >= 0.3 is 0 Å². The van der Waals surface area contributed by atoms with Crippen LogP contribution in [0.1, 0.15) is 55.6 Å². The number of nitrogens with zero attached hydrogens (tertiary/aromatic N) is 3. The molecular formula is C46H42FIrN3O-2. The van der Waals surface area contributed by atoms with Crippen LogP contribution in [0.4, 0.5) is 4.39 Å². The zero-order valence-electron chi connectivity index (χ0n) is 30.7. The van der Waals surface area contributed by atoms with Gasteiger partial charge in [0, 0.05) is 36.6 Å². The molecule has 0 atom stereocenters. The molecule has 0 unspecified atom stereocenters. The van der Waals surface area contributed by atoms with Crippen LogP contribution in [0, 0.1) is 50.6 Å². The summed E-state index contributed by atoms with van der Waals surface area (Å²) in [5, 5.41) is 4.56. The number of halogens is 1. The van der Waals surface area contributed by atoms with Crippen molar-refractivity contribution >= 4 is 43.6 Å². The molecule has 0 saturated heterocycles. The molecular weight excluding hydrogens is 822 g/mol. The predicted molar refractivity (Wildman–Crippen MR) is 208 cm³/mol. The fraction of sp³-hybridized carbons (Fsp3) is 0.239. The van der Waals surface area contributed by atoms with Gasteiger partial charge in [0.05, 0.1) is 11.1 Å². The van der Waals surface area contributed by atoms with E-state index in [0.717, 1.165) is 90.4 Å². The van der Waals surface area contributed by atoms with Gasteiger partial charge in [-0.3, -0.25) is 4.98 Å². The van der Waals surface area contributed by atoms with Crippen LogP contribution in [0.5, 0.6) is 0 Å². The SMILES string of the molecule is Cc1[c-]c(-c2nc(CC(C)C)cc3c(F)cccc23)c2oc3ccccc3c2c1.Cc1[c-]c(-c2ncnc3cc(CC(C)C)ccc23)cc(C)c1.[Ir]. The van der Waals surface area contributed by atoms with Crippen LogP contribution in [0.2, 0.25) is 0 Å². The Kier molecular flexibility index (Phi) is 11.0. The third-order valence-corrected chi connectivity index (χ3v) is 9.02. The van der Waals surface area contributed by atoms with Gasteiger partial charge in [0.1, 0.15) is 17.7 Å². The molecule has 0 saturated carbocycles. The van der Waals surface area contributed by atoms with E-state index >= 15 is 0 Å². The van der Waals surface area contributed by atoms with Crippen molar-refractivity contribution in [3.8, 4) is 22.5 Å². The number of furan rings is 1. The smallest absolute Gasteiger partial charge is 0.130 e. The number of benzene rings is 5. The quantitative estimate of drug-likeness (QED) is 0.156. The molecule has 265 valence electrons. The minimum absolute atomic E-state index is 0. The molecule has 0 amide bonds. The molecule has 3 heterocycles. The van der Waals surface area contributed by atoms with Gasteiger partial charge in [-0.2, -0.15) is 0 Å². The van der Waals surface area contributed by atoms with Crippen molar-refractivity contribution in [2.24, 2.45) is 11.8 Å². The third kappa shape index (κ3) is 7.70. The second-order valence-electron chi connectivity index (χ2n) is 14.5. The van der Waals surface area contributed by atoms with Gasteiger partial charge in [-0.05, 0) is 76.7 Å². The number of hydrogen-bond donors (Lipinski definition) is 0. The van der Waals surface area contributed by atoms with E-state index in [9.17, 15) is 4.39 Å². The minimum Gasteiger partial charge on any atom is -0.501 e. The van der Waals surface area contributed by atoms with Crippen LogP contribution in [0.3, 0.4) is 0 Å². The first kappa shape index (κ1) is 37.0. The van der Waals surface area contributed by atoms with Crippen LogP contribution >= 0.6 is 0 Å². The van der Waals surface area contributed by atoms with E-state index in [4.69, 9.17) is 9.40 Å². The Morgan fingerprint density at radius 3 is 2.19 bits per heavy atom. The Bertz CT molecular complexity index is 2530. The van der Waals surface area contributed by atoms with Gasteiger partial charge in [0.25, 0.3) is 0 Å². The average molecular weight is 864 g/mol. The second-order valence-corrected chi connectivity index (χ2v) is 14.5. The average Bonchev–Trinajstić information content (AvgIpc) is 3.45. The summed E-state index contributed by atoms with van der Waals surface area (Å²) >= 11 is 0. The number of aryl methyl sites for hydroxylation is 3. The Hall–Kier alpha value is -4.77. The summed E-state index contributed by atoms with van der Waals surface area (Å²) in [7, 11) is 0. The Balaban J connectivity index is 0.000000182. The number of pyridine rings is 1. The van der Waals surface area contributed by atoms with Gasteiger partial charge < -0.3 is 9.40 Å². The van der Waals surface area contributed by atoms with E-state index < -0.39 is 0 Å². The summed E-state index contributed by atoms with van der Waals surface area (Å²) in [6, 6.07) is 34.8. The molecule has 1 radical (unpaired) electrons. The number of fused-ring (bicyclic) bond motifs is 5. The van der Waals surface area contributed by atoms with E-state index in [0.29, 0.717) is 17.2 Å². The summed E-state index contributed by atoms with van der Waals surface area (Å²) in [5.41, 5.74) is 11.7. The van der Waals surface area contributed by atoms with E-state index in [-0.39, 0.29) is 25.9 Å². The van der Waals surface area contributed by atoms with Crippen molar-refractivity contribution in [2.75, 3.05) is 0 Å². The maximum absolute atomic E-state index is 14.7. The van der Waals surface area contributed by atoms with Gasteiger partial charge in [-0.25, -0.2) is 9.37 Å². The Morgan fingerprint density at radius 2 is 1.42 bits per heavy atom. The summed E-state index contributed by atoms with van der Waals surface area (Å²) in [6.07, 6.45) is 3.51. The molecule has 0 aliphatic carbocycles. The molecule has 3 aromatic heterocycles. The zero-order chi connectivity index (χ0) is 35.8. The zero-order valence-corrected chi connectivity index (χ0v) is 33.1. The van der Waals surface area contributed by atoms with Crippen molar-refractivity contribution in [1.82, 2.24) is 15.0 Å². The van der Waals surface area contributed by atoms with Crippen molar-refractivity contribution in [3.05, 3.63) is 137 Å². The number of para-hydroxylation sites is 1. The van der Waals surface area contributed by atoms with Crippen LogP contribution in [0.15, 0.2) is 95.7 Å². The minimum atomic E-state index is -0.232. The summed E-state index contributed by atoms with van der Waals surface area (Å²) in [5.74, 6) is 0.837. The van der Waals surface area contributed by atoms with E-state index in [1.807, 2.05) is 37.3 Å². The topological polar surface area (TPSA) is 51.8 Å². The fourth-order valence-electron chi connectivity index (χ4n) is 7.01. The van der Waals surface area contributed by atoms with Gasteiger partial charge in [-0.15, -0.1) is 52.6 Å². The van der Waals surface area contributed by atoms with Crippen molar-refractivity contribution in [3.63, 3.8) is 0 Å². The first-order valence-corrected chi connectivity index (χ1v) is 17.7. The number of hydrogen-bond acceptors (Lipinski definition) is 4. The van der Waals surface area contributed by atoms with Gasteiger partial charge in [-0.1, -0.05) is 102 Å². The standard InChI is InChI=1S/C26H21FNO.C20H21N2.Ir/c1-15(2)11-17-14-20-19(8-6-9-23(20)27)25(28-17)22-13-16(3)12-21-18-7-4-5-10-24(18)29-26(21)22;1-13(2)7-16-5-6-18-19(11-16)21-12-22-20(18)17-9-14(3)8-15(4)10-17;/h4-10,12,14-15H,11H2,1-3H3;5-6,8-9,11-13H,7H2,1-4H3;/q2*-1;. The summed E-state index contributed by atoms with van der Waals surface area (Å²) in [4.78, 5) is 13.9. The molecule has 5 aromatic carbocycles. The molecule has 8 rings (SSSR count). The maximum atomic E-state index is 14.7. The molecule has 0 fully saturated rings. The van der Waals surface area contributed by atoms with Crippen LogP contribution in [-0.4, -0.2) is 15.0 Å². The molecule has 0 aliphatic heterocycles. The Labute approximate surface area is 318 Å². The summed E-state index contributed by atoms with van der Waals surface area (Å²) < 4.78 is 20.9. The molecule has 6 heteroatoms. The molecule has 0 spiro atoms. The Morgan fingerprint density at radius 1 is 0.673 bits per heavy atom. The van der Waals surface area contributed by atoms with E-state index in [1.54, 1.807) is 12.4 Å². The van der Waals surface area contributed by atoms with Gasteiger partial charge in [0.2, 0.25) is 0 Å². The molecule has 52 heavy (non-hydrogen) atoms. The molecule has 0 N–H and O–H groups in total. The van der Waals surface area contributed by atoms with Crippen molar-refractivity contribution < 1.29 is 28.9 Å². The van der Waals surface area contributed by atoms with Gasteiger partial charge in [0.15, 0.2) is 0 Å². The van der Waals surface area contributed by atoms with Crippen molar-refractivity contribution in [1.29, 1.82) is 0 Å². The fourth-order valence-corrected chi connectivity index (χ4v) is 7.01. The number of rotatable bonds is 6. The van der Waals surface area contributed by atoms with Crippen LogP contribution in [0.25, 0.3) is 66.1 Å². The van der Waals surface area contributed by atoms with E-state index in [2.05, 4.69) is 106 Å². The van der Waals surface area contributed by atoms with Crippen LogP contribution < -0.4 is 0 Å². The predicted octanol–water partition coefficient (Wildman–Crippen LogP) is 12.2. The molecule has 0 aliphatic rings. The summed E-state index contributed by atoms with van der Waals surface area (Å²) in [6.45, 7) is 15.0.